The lowest BCUT2D eigenvalue weighted by Gasteiger charge is -2.13. The molecule has 0 saturated carbocycles. The van der Waals surface area contributed by atoms with E-state index in [1.165, 1.54) is 6.07 Å². The van der Waals surface area contributed by atoms with Crippen LogP contribution in [0.25, 0.3) is 0 Å². The number of halogens is 1. The molecule has 0 radical (unpaired) electrons. The maximum Gasteiger partial charge on any atom is 0.262 e. The van der Waals surface area contributed by atoms with Crippen molar-refractivity contribution >= 4 is 38.9 Å². The second-order valence-electron chi connectivity index (χ2n) is 5.91. The smallest absolute Gasteiger partial charge is 0.262 e. The van der Waals surface area contributed by atoms with E-state index in [1.54, 1.807) is 67.6 Å². The van der Waals surface area contributed by atoms with Gasteiger partial charge < -0.3 is 5.32 Å². The Morgan fingerprint density at radius 2 is 1.52 bits per heavy atom. The van der Waals surface area contributed by atoms with Gasteiger partial charge in [-0.05, 0) is 61.0 Å². The van der Waals surface area contributed by atoms with Gasteiger partial charge in [-0.15, -0.1) is 0 Å². The highest BCUT2D eigenvalue weighted by Crippen LogP contribution is 2.24. The summed E-state index contributed by atoms with van der Waals surface area (Å²) < 4.78 is 28.0. The Kier molecular flexibility index (Phi) is 5.48. The van der Waals surface area contributed by atoms with Crippen molar-refractivity contribution in [1.29, 1.82) is 0 Å². The third-order valence-electron chi connectivity index (χ3n) is 3.87. The molecule has 0 unspecified atom stereocenters. The predicted octanol–water partition coefficient (Wildman–Crippen LogP) is 4.70. The molecule has 0 saturated heterocycles. The van der Waals surface area contributed by atoms with Crippen LogP contribution in [0, 0.1) is 6.92 Å². The van der Waals surface area contributed by atoms with Crippen LogP contribution in [0.5, 0.6) is 0 Å². The molecule has 5 nitrogen and oxygen atoms in total. The van der Waals surface area contributed by atoms with Crippen molar-refractivity contribution in [3.63, 3.8) is 0 Å². The third kappa shape index (κ3) is 4.67. The fourth-order valence-corrected chi connectivity index (χ4v) is 3.94. The highest BCUT2D eigenvalue weighted by Gasteiger charge is 2.18. The number of anilines is 2. The van der Waals surface area contributed by atoms with Crippen molar-refractivity contribution in [1.82, 2.24) is 0 Å². The molecular formula is C20H17ClN2O3S. The molecule has 27 heavy (non-hydrogen) atoms. The van der Waals surface area contributed by atoms with Gasteiger partial charge in [0, 0.05) is 22.0 Å². The summed E-state index contributed by atoms with van der Waals surface area (Å²) in [6.45, 7) is 1.69. The molecule has 0 spiro atoms. The topological polar surface area (TPSA) is 75.3 Å². The highest BCUT2D eigenvalue weighted by atomic mass is 35.5. The van der Waals surface area contributed by atoms with E-state index < -0.39 is 10.0 Å². The second-order valence-corrected chi connectivity index (χ2v) is 8.00. The van der Waals surface area contributed by atoms with Crippen LogP contribution in [-0.2, 0) is 10.0 Å². The van der Waals surface area contributed by atoms with Crippen LogP contribution in [0.2, 0.25) is 5.02 Å². The monoisotopic (exact) mass is 400 g/mol. The molecule has 0 aliphatic rings. The Morgan fingerprint density at radius 3 is 2.19 bits per heavy atom. The van der Waals surface area contributed by atoms with E-state index in [9.17, 15) is 13.2 Å². The largest absolute Gasteiger partial charge is 0.322 e. The van der Waals surface area contributed by atoms with E-state index in [0.717, 1.165) is 0 Å². The first-order chi connectivity index (χ1) is 12.8. The Balaban J connectivity index is 1.86. The van der Waals surface area contributed by atoms with E-state index in [1.807, 2.05) is 6.07 Å². The van der Waals surface area contributed by atoms with Crippen molar-refractivity contribution in [3.05, 3.63) is 88.9 Å². The van der Waals surface area contributed by atoms with Gasteiger partial charge in [-0.2, -0.15) is 0 Å². The molecule has 0 aliphatic carbocycles. The Hall–Kier alpha value is -2.83. The van der Waals surface area contributed by atoms with E-state index >= 15 is 0 Å². The zero-order valence-electron chi connectivity index (χ0n) is 14.4. The van der Waals surface area contributed by atoms with Gasteiger partial charge in [0.05, 0.1) is 4.90 Å². The number of amides is 1. The third-order valence-corrected chi connectivity index (χ3v) is 5.64. The van der Waals surface area contributed by atoms with Crippen molar-refractivity contribution in [2.45, 2.75) is 11.8 Å². The predicted molar refractivity (Wildman–Crippen MR) is 108 cm³/mol. The minimum absolute atomic E-state index is 0.0864. The normalized spacial score (nSPS) is 11.0. The number of rotatable bonds is 5. The van der Waals surface area contributed by atoms with E-state index in [0.29, 0.717) is 27.5 Å². The minimum atomic E-state index is -3.82. The van der Waals surface area contributed by atoms with Crippen LogP contribution in [0.15, 0.2) is 77.7 Å². The van der Waals surface area contributed by atoms with E-state index in [2.05, 4.69) is 10.0 Å². The number of carbonyl (C=O) groups is 1. The first-order valence-corrected chi connectivity index (χ1v) is 9.97. The van der Waals surface area contributed by atoms with E-state index in [-0.39, 0.29) is 10.8 Å². The SMILES string of the molecule is Cc1ccc(NC(=O)c2ccccc2)cc1S(=O)(=O)Nc1ccc(Cl)cc1. The number of carbonyl (C=O) groups excluding carboxylic acids is 1. The maximum absolute atomic E-state index is 12.8. The molecule has 2 N–H and O–H groups in total. The van der Waals surface area contributed by atoms with Crippen molar-refractivity contribution in [3.8, 4) is 0 Å². The summed E-state index contributed by atoms with van der Waals surface area (Å²) in [6.07, 6.45) is 0. The zero-order valence-corrected chi connectivity index (χ0v) is 16.0. The maximum atomic E-state index is 12.8. The molecule has 7 heteroatoms. The van der Waals surface area contributed by atoms with Gasteiger partial charge in [0.1, 0.15) is 0 Å². The molecule has 0 atom stereocenters. The fourth-order valence-electron chi connectivity index (χ4n) is 2.49. The number of nitrogens with one attached hydrogen (secondary N) is 2. The molecule has 3 aromatic rings. The molecule has 3 aromatic carbocycles. The lowest BCUT2D eigenvalue weighted by Crippen LogP contribution is -2.16. The number of hydrogen-bond acceptors (Lipinski definition) is 3. The summed E-state index contributed by atoms with van der Waals surface area (Å²) in [6, 6.07) is 19.8. The Bertz CT molecular complexity index is 1070. The van der Waals surface area contributed by atoms with Gasteiger partial charge in [0.15, 0.2) is 0 Å². The Labute approximate surface area is 163 Å². The van der Waals surface area contributed by atoms with Crippen LogP contribution in [0.4, 0.5) is 11.4 Å². The molecule has 0 heterocycles. The standard InChI is InChI=1S/C20H17ClN2O3S/c1-14-7-10-18(22-20(24)15-5-3-2-4-6-15)13-19(14)27(25,26)23-17-11-8-16(21)9-12-17/h2-13,23H,1H3,(H,22,24). The molecule has 0 fully saturated rings. The van der Waals surface area contributed by atoms with Gasteiger partial charge in [0.2, 0.25) is 0 Å². The van der Waals surface area contributed by atoms with Gasteiger partial charge in [-0.25, -0.2) is 8.42 Å². The molecule has 0 bridgehead atoms. The summed E-state index contributed by atoms with van der Waals surface area (Å²) in [7, 11) is -3.82. The van der Waals surface area contributed by atoms with Gasteiger partial charge in [-0.3, -0.25) is 9.52 Å². The number of hydrogen-bond donors (Lipinski definition) is 2. The lowest BCUT2D eigenvalue weighted by atomic mass is 10.2. The molecule has 1 amide bonds. The number of sulfonamides is 1. The number of aryl methyl sites for hydroxylation is 1. The first kappa shape index (κ1) is 18.9. The minimum Gasteiger partial charge on any atom is -0.322 e. The van der Waals surface area contributed by atoms with Crippen LogP contribution in [-0.4, -0.2) is 14.3 Å². The van der Waals surface area contributed by atoms with Crippen LogP contribution in [0.1, 0.15) is 15.9 Å². The van der Waals surface area contributed by atoms with Crippen LogP contribution in [0.3, 0.4) is 0 Å². The van der Waals surface area contributed by atoms with Gasteiger partial charge in [0.25, 0.3) is 15.9 Å². The van der Waals surface area contributed by atoms with Crippen molar-refractivity contribution < 1.29 is 13.2 Å². The summed E-state index contributed by atoms with van der Waals surface area (Å²) >= 11 is 5.83. The van der Waals surface area contributed by atoms with Crippen LogP contribution >= 0.6 is 11.6 Å². The van der Waals surface area contributed by atoms with Gasteiger partial charge in [-0.1, -0.05) is 35.9 Å². The van der Waals surface area contributed by atoms with Gasteiger partial charge >= 0.3 is 0 Å². The summed E-state index contributed by atoms with van der Waals surface area (Å²) in [4.78, 5) is 12.4. The summed E-state index contributed by atoms with van der Waals surface area (Å²) in [5.41, 5.74) is 1.85. The lowest BCUT2D eigenvalue weighted by molar-refractivity contribution is 0.102. The molecule has 138 valence electrons. The van der Waals surface area contributed by atoms with Crippen molar-refractivity contribution in [2.75, 3.05) is 10.0 Å². The molecular weight excluding hydrogens is 384 g/mol. The van der Waals surface area contributed by atoms with E-state index in [4.69, 9.17) is 11.6 Å². The summed E-state index contributed by atoms with van der Waals surface area (Å²) in [5.74, 6) is -0.312. The Morgan fingerprint density at radius 1 is 0.889 bits per heavy atom. The van der Waals surface area contributed by atoms with Crippen LogP contribution < -0.4 is 10.0 Å². The molecule has 3 rings (SSSR count). The average molecular weight is 401 g/mol. The average Bonchev–Trinajstić information content (AvgIpc) is 2.65. The fraction of sp³-hybridized carbons (Fsp3) is 0.0500. The first-order valence-electron chi connectivity index (χ1n) is 8.10. The molecule has 0 aromatic heterocycles. The summed E-state index contributed by atoms with van der Waals surface area (Å²) in [5, 5.41) is 3.23. The quantitative estimate of drug-likeness (QED) is 0.651. The van der Waals surface area contributed by atoms with Crippen molar-refractivity contribution in [2.24, 2.45) is 0 Å². The highest BCUT2D eigenvalue weighted by molar-refractivity contribution is 7.92. The zero-order chi connectivity index (χ0) is 19.4. The number of benzene rings is 3. The molecule has 0 aliphatic heterocycles. The second kappa shape index (κ2) is 7.82.